The Labute approximate surface area is 165 Å². The van der Waals surface area contributed by atoms with E-state index in [0.717, 1.165) is 53.8 Å². The fourth-order valence-corrected chi connectivity index (χ4v) is 4.12. The lowest BCUT2D eigenvalue weighted by molar-refractivity contribution is -0.118. The van der Waals surface area contributed by atoms with Gasteiger partial charge in [0.2, 0.25) is 5.91 Å². The van der Waals surface area contributed by atoms with Gasteiger partial charge in [-0.1, -0.05) is 32.9 Å². The number of hydrogen-bond acceptors (Lipinski definition) is 2. The lowest BCUT2D eigenvalue weighted by atomic mass is 9.92. The zero-order valence-electron chi connectivity index (χ0n) is 16.7. The smallest absolute Gasteiger partial charge is 0.235 e. The zero-order chi connectivity index (χ0) is 19.5. The molecule has 28 heavy (non-hydrogen) atoms. The van der Waals surface area contributed by atoms with Gasteiger partial charge < -0.3 is 15.0 Å². The fraction of sp³-hybridized carbons (Fsp3) is 0.375. The molecule has 5 rings (SSSR count). The SMILES string of the molecule is CC(C)(C)c1cc2cc(NC(=O)C3(c4ccc5c(c4)CCO5)CC3)ccc2[nH]1. The number of carbonyl (C=O) groups is 1. The van der Waals surface area contributed by atoms with Gasteiger partial charge in [-0.2, -0.15) is 0 Å². The van der Waals surface area contributed by atoms with Crippen LogP contribution in [0, 0.1) is 0 Å². The van der Waals surface area contributed by atoms with Crippen LogP contribution in [0.2, 0.25) is 0 Å². The number of fused-ring (bicyclic) bond motifs is 2. The van der Waals surface area contributed by atoms with E-state index < -0.39 is 0 Å². The maximum atomic E-state index is 13.1. The van der Waals surface area contributed by atoms with Crippen molar-refractivity contribution in [3.63, 3.8) is 0 Å². The number of carbonyl (C=O) groups excluding carboxylic acids is 1. The molecule has 2 N–H and O–H groups in total. The van der Waals surface area contributed by atoms with E-state index in [1.807, 2.05) is 18.2 Å². The molecular weight excluding hydrogens is 348 g/mol. The first-order valence-electron chi connectivity index (χ1n) is 10.1. The average Bonchev–Trinajstić information content (AvgIpc) is 3.13. The van der Waals surface area contributed by atoms with Crippen LogP contribution in [0.5, 0.6) is 5.75 Å². The van der Waals surface area contributed by atoms with Crippen LogP contribution in [-0.2, 0) is 22.0 Å². The molecule has 2 aromatic carbocycles. The number of rotatable bonds is 3. The lowest BCUT2D eigenvalue weighted by Gasteiger charge is -2.17. The molecule has 3 aromatic rings. The summed E-state index contributed by atoms with van der Waals surface area (Å²) in [4.78, 5) is 16.6. The highest BCUT2D eigenvalue weighted by atomic mass is 16.5. The first-order chi connectivity index (χ1) is 13.3. The second-order valence-electron chi connectivity index (χ2n) is 9.19. The molecule has 0 spiro atoms. The van der Waals surface area contributed by atoms with E-state index in [4.69, 9.17) is 4.74 Å². The first-order valence-corrected chi connectivity index (χ1v) is 10.1. The van der Waals surface area contributed by atoms with E-state index in [9.17, 15) is 4.79 Å². The molecular formula is C24H26N2O2. The van der Waals surface area contributed by atoms with Gasteiger partial charge in [0, 0.05) is 34.1 Å². The van der Waals surface area contributed by atoms with Gasteiger partial charge in [0.15, 0.2) is 0 Å². The number of H-pyrrole nitrogens is 1. The predicted octanol–water partition coefficient (Wildman–Crippen LogP) is 5.07. The molecule has 1 fully saturated rings. The summed E-state index contributed by atoms with van der Waals surface area (Å²) in [5.74, 6) is 1.06. The van der Waals surface area contributed by atoms with Crippen LogP contribution in [0.1, 0.15) is 50.4 Å². The van der Waals surface area contributed by atoms with Crippen LogP contribution in [0.4, 0.5) is 5.69 Å². The van der Waals surface area contributed by atoms with Crippen LogP contribution in [-0.4, -0.2) is 17.5 Å². The van der Waals surface area contributed by atoms with Gasteiger partial charge >= 0.3 is 0 Å². The van der Waals surface area contributed by atoms with E-state index in [1.165, 1.54) is 11.3 Å². The quantitative estimate of drug-likeness (QED) is 0.672. The van der Waals surface area contributed by atoms with Gasteiger partial charge in [-0.05, 0) is 54.3 Å². The number of aromatic nitrogens is 1. The third kappa shape index (κ3) is 2.79. The van der Waals surface area contributed by atoms with Crippen LogP contribution >= 0.6 is 0 Å². The van der Waals surface area contributed by atoms with Crippen molar-refractivity contribution >= 4 is 22.5 Å². The Bertz CT molecular complexity index is 1080. The summed E-state index contributed by atoms with van der Waals surface area (Å²) < 4.78 is 5.61. The van der Waals surface area contributed by atoms with Crippen molar-refractivity contribution in [3.05, 3.63) is 59.3 Å². The van der Waals surface area contributed by atoms with Crippen LogP contribution in [0.25, 0.3) is 10.9 Å². The summed E-state index contributed by atoms with van der Waals surface area (Å²) in [5, 5.41) is 4.29. The van der Waals surface area contributed by atoms with Crippen LogP contribution < -0.4 is 10.1 Å². The minimum atomic E-state index is -0.388. The number of hydrogen-bond donors (Lipinski definition) is 2. The highest BCUT2D eigenvalue weighted by Crippen LogP contribution is 2.50. The van der Waals surface area contributed by atoms with E-state index in [0.29, 0.717) is 0 Å². The monoisotopic (exact) mass is 374 g/mol. The Balaban J connectivity index is 1.40. The zero-order valence-corrected chi connectivity index (χ0v) is 16.7. The number of benzene rings is 2. The van der Waals surface area contributed by atoms with Gasteiger partial charge in [-0.25, -0.2) is 0 Å². The molecule has 144 valence electrons. The fourth-order valence-electron chi connectivity index (χ4n) is 4.12. The van der Waals surface area contributed by atoms with Gasteiger partial charge in [0.05, 0.1) is 12.0 Å². The normalized spacial score (nSPS) is 17.2. The summed E-state index contributed by atoms with van der Waals surface area (Å²) in [6.07, 6.45) is 2.74. The molecule has 0 radical (unpaired) electrons. The van der Waals surface area contributed by atoms with Crippen LogP contribution in [0.3, 0.4) is 0 Å². The van der Waals surface area contributed by atoms with Crippen molar-refractivity contribution in [3.8, 4) is 5.75 Å². The van der Waals surface area contributed by atoms with Gasteiger partial charge in [-0.3, -0.25) is 4.79 Å². The van der Waals surface area contributed by atoms with Gasteiger partial charge in [0.25, 0.3) is 0 Å². The molecule has 2 aliphatic rings. The summed E-state index contributed by atoms with van der Waals surface area (Å²) in [7, 11) is 0. The maximum absolute atomic E-state index is 13.1. The highest BCUT2D eigenvalue weighted by Gasteiger charge is 2.51. The maximum Gasteiger partial charge on any atom is 0.235 e. The number of nitrogens with one attached hydrogen (secondary N) is 2. The molecule has 2 heterocycles. The molecule has 0 saturated heterocycles. The van der Waals surface area contributed by atoms with Crippen molar-refractivity contribution in [1.82, 2.24) is 4.98 Å². The minimum Gasteiger partial charge on any atom is -0.493 e. The van der Waals surface area contributed by atoms with Crippen molar-refractivity contribution in [1.29, 1.82) is 0 Å². The molecule has 1 aliphatic carbocycles. The summed E-state index contributed by atoms with van der Waals surface area (Å²) in [6, 6.07) is 14.5. The van der Waals surface area contributed by atoms with Crippen molar-refractivity contribution in [2.75, 3.05) is 11.9 Å². The predicted molar refractivity (Wildman–Crippen MR) is 112 cm³/mol. The Kier molecular flexibility index (Phi) is 3.64. The minimum absolute atomic E-state index is 0.0672. The van der Waals surface area contributed by atoms with Crippen molar-refractivity contribution in [2.24, 2.45) is 0 Å². The average molecular weight is 374 g/mol. The molecule has 4 heteroatoms. The largest absolute Gasteiger partial charge is 0.493 e. The van der Waals surface area contributed by atoms with Crippen LogP contribution in [0.15, 0.2) is 42.5 Å². The first kappa shape index (κ1) is 17.4. The number of aromatic amines is 1. The van der Waals surface area contributed by atoms with E-state index in [1.54, 1.807) is 0 Å². The number of amides is 1. The molecule has 4 nitrogen and oxygen atoms in total. The van der Waals surface area contributed by atoms with E-state index in [2.05, 4.69) is 55.3 Å². The van der Waals surface area contributed by atoms with Gasteiger partial charge in [0.1, 0.15) is 5.75 Å². The molecule has 0 atom stereocenters. The third-order valence-corrected chi connectivity index (χ3v) is 6.11. The molecule has 1 amide bonds. The topological polar surface area (TPSA) is 54.1 Å². The summed E-state index contributed by atoms with van der Waals surface area (Å²) >= 11 is 0. The Morgan fingerprint density at radius 3 is 2.68 bits per heavy atom. The summed E-state index contributed by atoms with van der Waals surface area (Å²) in [6.45, 7) is 7.32. The van der Waals surface area contributed by atoms with Gasteiger partial charge in [-0.15, -0.1) is 0 Å². The number of ether oxygens (including phenoxy) is 1. The molecule has 0 bridgehead atoms. The van der Waals surface area contributed by atoms with E-state index in [-0.39, 0.29) is 16.7 Å². The highest BCUT2D eigenvalue weighted by molar-refractivity contribution is 6.02. The third-order valence-electron chi connectivity index (χ3n) is 6.11. The van der Waals surface area contributed by atoms with E-state index >= 15 is 0 Å². The second kappa shape index (κ2) is 5.87. The summed E-state index contributed by atoms with van der Waals surface area (Å²) in [5.41, 5.74) is 5.17. The second-order valence-corrected chi connectivity index (χ2v) is 9.19. The molecule has 1 saturated carbocycles. The van der Waals surface area contributed by atoms with Crippen molar-refractivity contribution < 1.29 is 9.53 Å². The Hall–Kier alpha value is -2.75. The lowest BCUT2D eigenvalue weighted by Crippen LogP contribution is -2.27. The number of anilines is 1. The molecule has 1 aliphatic heterocycles. The molecule has 1 aromatic heterocycles. The molecule has 0 unspecified atom stereocenters. The van der Waals surface area contributed by atoms with Crippen molar-refractivity contribution in [2.45, 2.75) is 50.9 Å². The Morgan fingerprint density at radius 2 is 1.93 bits per heavy atom. The standard InChI is InChI=1S/C24H26N2O2/c1-23(2,3)21-14-16-13-18(5-6-19(16)26-21)25-22(27)24(9-10-24)17-4-7-20-15(12-17)8-11-28-20/h4-7,12-14,26H,8-11H2,1-3H3,(H,25,27). The Morgan fingerprint density at radius 1 is 1.11 bits per heavy atom.